The molecule has 0 saturated heterocycles. The van der Waals surface area contributed by atoms with Gasteiger partial charge in [-0.1, -0.05) is 43.6 Å². The maximum absolute atomic E-state index is 12.7. The van der Waals surface area contributed by atoms with E-state index in [4.69, 9.17) is 11.6 Å². The van der Waals surface area contributed by atoms with Crippen LogP contribution in [0, 0.1) is 0 Å². The smallest absolute Gasteiger partial charge is 0.243 e. The molecule has 0 unspecified atom stereocenters. The molecule has 5 nitrogen and oxygen atoms in total. The molecule has 0 spiro atoms. The average Bonchev–Trinajstić information content (AvgIpc) is 3.11. The predicted octanol–water partition coefficient (Wildman–Crippen LogP) is 3.89. The van der Waals surface area contributed by atoms with Crippen molar-refractivity contribution in [1.29, 1.82) is 0 Å². The number of aryl methyl sites for hydroxylation is 1. The van der Waals surface area contributed by atoms with Crippen LogP contribution in [0.25, 0.3) is 0 Å². The van der Waals surface area contributed by atoms with Gasteiger partial charge in [-0.2, -0.15) is 4.31 Å². The molecule has 0 atom stereocenters. The summed E-state index contributed by atoms with van der Waals surface area (Å²) in [5.74, 6) is 0.0259. The van der Waals surface area contributed by atoms with Crippen molar-refractivity contribution in [2.75, 3.05) is 24.5 Å². The molecule has 7 heteroatoms. The number of hydrogen-bond acceptors (Lipinski definition) is 3. The molecule has 0 N–H and O–H groups in total. The minimum absolute atomic E-state index is 0.0259. The lowest BCUT2D eigenvalue weighted by Crippen LogP contribution is -2.30. The second kappa shape index (κ2) is 8.64. The molecule has 0 saturated carbocycles. The summed E-state index contributed by atoms with van der Waals surface area (Å²) in [5, 5.41) is 0.670. The first-order valence-corrected chi connectivity index (χ1v) is 11.4. The zero-order chi connectivity index (χ0) is 20.3. The van der Waals surface area contributed by atoms with E-state index in [1.807, 2.05) is 38.1 Å². The summed E-state index contributed by atoms with van der Waals surface area (Å²) in [6.07, 6.45) is 1.61. The maximum atomic E-state index is 12.7. The third-order valence-corrected chi connectivity index (χ3v) is 7.57. The molecule has 1 aliphatic rings. The lowest BCUT2D eigenvalue weighted by molar-refractivity contribution is -0.118. The molecule has 1 amide bonds. The fraction of sp³-hybridized carbons (Fsp3) is 0.381. The zero-order valence-electron chi connectivity index (χ0n) is 16.2. The van der Waals surface area contributed by atoms with Gasteiger partial charge in [0.15, 0.2) is 0 Å². The number of benzene rings is 2. The van der Waals surface area contributed by atoms with E-state index in [2.05, 4.69) is 0 Å². The second-order valence-corrected chi connectivity index (χ2v) is 9.11. The summed E-state index contributed by atoms with van der Waals surface area (Å²) in [4.78, 5) is 14.8. The standard InChI is InChI=1S/C21H25ClN2O3S/c1-3-23(4-2)28(26,27)18-10-11-20-17(15-18)13-14-24(20)21(25)12-9-16-7-5-6-8-19(16)22/h5-8,10-11,15H,3-4,9,12-14H2,1-2H3. The van der Waals surface area contributed by atoms with Crippen LogP contribution >= 0.6 is 11.6 Å². The van der Waals surface area contributed by atoms with Crippen LogP contribution in [0.15, 0.2) is 47.4 Å². The predicted molar refractivity (Wildman–Crippen MR) is 112 cm³/mol. The third kappa shape index (κ3) is 4.09. The summed E-state index contributed by atoms with van der Waals surface area (Å²) in [6, 6.07) is 12.6. The molecule has 3 rings (SSSR count). The molecule has 28 heavy (non-hydrogen) atoms. The Morgan fingerprint density at radius 1 is 1.14 bits per heavy atom. The number of anilines is 1. The summed E-state index contributed by atoms with van der Waals surface area (Å²) >= 11 is 6.17. The molecule has 0 aliphatic carbocycles. The topological polar surface area (TPSA) is 57.7 Å². The van der Waals surface area contributed by atoms with Gasteiger partial charge in [0.2, 0.25) is 15.9 Å². The molecule has 0 fully saturated rings. The normalized spacial score (nSPS) is 13.8. The van der Waals surface area contributed by atoms with Crippen molar-refractivity contribution in [3.8, 4) is 0 Å². The molecular weight excluding hydrogens is 396 g/mol. The van der Waals surface area contributed by atoms with Crippen molar-refractivity contribution in [2.24, 2.45) is 0 Å². The van der Waals surface area contributed by atoms with E-state index < -0.39 is 10.0 Å². The van der Waals surface area contributed by atoms with E-state index in [-0.39, 0.29) is 5.91 Å². The lowest BCUT2D eigenvalue weighted by atomic mass is 10.1. The molecule has 1 aliphatic heterocycles. The molecular formula is C21H25ClN2O3S. The minimum Gasteiger partial charge on any atom is -0.312 e. The molecule has 0 aromatic heterocycles. The Balaban J connectivity index is 1.76. The Bertz CT molecular complexity index is 971. The monoisotopic (exact) mass is 420 g/mol. The number of carbonyl (C=O) groups is 1. The quantitative estimate of drug-likeness (QED) is 0.682. The first-order chi connectivity index (χ1) is 13.4. The van der Waals surface area contributed by atoms with Gasteiger partial charge in [0.1, 0.15) is 0 Å². The van der Waals surface area contributed by atoms with Crippen LogP contribution in [0.3, 0.4) is 0 Å². The minimum atomic E-state index is -3.50. The fourth-order valence-corrected chi connectivity index (χ4v) is 5.33. The second-order valence-electron chi connectivity index (χ2n) is 6.77. The Kier molecular flexibility index (Phi) is 6.43. The summed E-state index contributed by atoms with van der Waals surface area (Å²) in [6.45, 7) is 5.10. The van der Waals surface area contributed by atoms with Crippen molar-refractivity contribution >= 4 is 33.2 Å². The number of fused-ring (bicyclic) bond motifs is 1. The summed E-state index contributed by atoms with van der Waals surface area (Å²) in [7, 11) is -3.50. The van der Waals surface area contributed by atoms with Crippen molar-refractivity contribution in [3.63, 3.8) is 0 Å². The highest BCUT2D eigenvalue weighted by Gasteiger charge is 2.28. The van der Waals surface area contributed by atoms with Gasteiger partial charge in [0.05, 0.1) is 4.90 Å². The Labute approximate surface area is 172 Å². The number of amides is 1. The first-order valence-electron chi connectivity index (χ1n) is 9.55. The van der Waals surface area contributed by atoms with Crippen LogP contribution in [0.1, 0.15) is 31.4 Å². The van der Waals surface area contributed by atoms with E-state index >= 15 is 0 Å². The van der Waals surface area contributed by atoms with Crippen LogP contribution in [-0.2, 0) is 27.7 Å². The van der Waals surface area contributed by atoms with Gasteiger partial charge >= 0.3 is 0 Å². The van der Waals surface area contributed by atoms with Crippen LogP contribution in [-0.4, -0.2) is 38.3 Å². The maximum Gasteiger partial charge on any atom is 0.243 e. The number of carbonyl (C=O) groups excluding carboxylic acids is 1. The number of halogens is 1. The summed E-state index contributed by atoms with van der Waals surface area (Å²) < 4.78 is 26.9. The highest BCUT2D eigenvalue weighted by molar-refractivity contribution is 7.89. The average molecular weight is 421 g/mol. The van der Waals surface area contributed by atoms with Crippen molar-refractivity contribution in [2.45, 2.75) is 38.0 Å². The number of hydrogen-bond donors (Lipinski definition) is 0. The van der Waals surface area contributed by atoms with Gasteiger partial charge in [-0.05, 0) is 48.2 Å². The zero-order valence-corrected chi connectivity index (χ0v) is 17.8. The van der Waals surface area contributed by atoms with Gasteiger partial charge in [-0.3, -0.25) is 4.79 Å². The van der Waals surface area contributed by atoms with Gasteiger partial charge < -0.3 is 4.90 Å². The number of nitrogens with zero attached hydrogens (tertiary/aromatic N) is 2. The van der Waals surface area contributed by atoms with Crippen molar-refractivity contribution in [3.05, 3.63) is 58.6 Å². The van der Waals surface area contributed by atoms with Crippen LogP contribution in [0.4, 0.5) is 5.69 Å². The molecule has 2 aromatic carbocycles. The fourth-order valence-electron chi connectivity index (χ4n) is 3.59. The largest absolute Gasteiger partial charge is 0.312 e. The SMILES string of the molecule is CCN(CC)S(=O)(=O)c1ccc2c(c1)CCN2C(=O)CCc1ccccc1Cl. The van der Waals surface area contributed by atoms with Crippen LogP contribution < -0.4 is 4.90 Å². The van der Waals surface area contributed by atoms with Crippen LogP contribution in [0.5, 0.6) is 0 Å². The molecule has 0 bridgehead atoms. The van der Waals surface area contributed by atoms with E-state index in [1.54, 1.807) is 23.1 Å². The Hall–Kier alpha value is -1.89. The number of sulfonamides is 1. The van der Waals surface area contributed by atoms with Gasteiger partial charge in [0.25, 0.3) is 0 Å². The van der Waals surface area contributed by atoms with Gasteiger partial charge in [-0.15, -0.1) is 0 Å². The van der Waals surface area contributed by atoms with Crippen molar-refractivity contribution < 1.29 is 13.2 Å². The molecule has 2 aromatic rings. The molecule has 150 valence electrons. The van der Waals surface area contributed by atoms with Crippen LogP contribution in [0.2, 0.25) is 5.02 Å². The van der Waals surface area contributed by atoms with Crippen molar-refractivity contribution in [1.82, 2.24) is 4.31 Å². The Morgan fingerprint density at radius 3 is 2.54 bits per heavy atom. The Morgan fingerprint density at radius 2 is 1.86 bits per heavy atom. The van der Waals surface area contributed by atoms with E-state index in [9.17, 15) is 13.2 Å². The van der Waals surface area contributed by atoms with Gasteiger partial charge in [0, 0.05) is 36.8 Å². The number of rotatable bonds is 7. The molecule has 0 radical (unpaired) electrons. The van der Waals surface area contributed by atoms with Gasteiger partial charge in [-0.25, -0.2) is 8.42 Å². The van der Waals surface area contributed by atoms with E-state index in [0.717, 1.165) is 16.8 Å². The first kappa shape index (κ1) is 20.8. The third-order valence-electron chi connectivity index (χ3n) is 5.16. The highest BCUT2D eigenvalue weighted by Crippen LogP contribution is 2.32. The van der Waals surface area contributed by atoms with E-state index in [0.29, 0.717) is 48.8 Å². The lowest BCUT2D eigenvalue weighted by Gasteiger charge is -2.20. The highest BCUT2D eigenvalue weighted by atomic mass is 35.5. The van der Waals surface area contributed by atoms with E-state index in [1.165, 1.54) is 4.31 Å². The summed E-state index contributed by atoms with van der Waals surface area (Å²) in [5.41, 5.74) is 2.67. The molecule has 1 heterocycles.